The largest absolute Gasteiger partial charge is 0.314 e. The van der Waals surface area contributed by atoms with Gasteiger partial charge in [0.05, 0.1) is 0 Å². The molecule has 74 valence electrons. The number of unbranched alkanes of at least 4 members (excludes halogenated alkanes) is 3. The van der Waals surface area contributed by atoms with Gasteiger partial charge < -0.3 is 5.32 Å². The summed E-state index contributed by atoms with van der Waals surface area (Å²) in [5.41, 5.74) is 0. The molecule has 1 atom stereocenters. The molecule has 0 rings (SSSR count). The molecule has 1 N–H and O–H groups in total. The molecule has 0 aliphatic carbocycles. The Kier molecular flexibility index (Phi) is 9.02. The van der Waals surface area contributed by atoms with E-state index in [4.69, 9.17) is 0 Å². The van der Waals surface area contributed by atoms with Gasteiger partial charge in [-0.25, -0.2) is 0 Å². The summed E-state index contributed by atoms with van der Waals surface area (Å²) in [5.74, 6) is 0. The van der Waals surface area contributed by atoms with Crippen LogP contribution >= 0.6 is 0 Å². The van der Waals surface area contributed by atoms with Crippen LogP contribution in [0.5, 0.6) is 0 Å². The van der Waals surface area contributed by atoms with Gasteiger partial charge in [-0.15, -0.1) is 0 Å². The molecule has 0 bridgehead atoms. The molecule has 0 aromatic heterocycles. The van der Waals surface area contributed by atoms with Crippen molar-refractivity contribution in [3.05, 3.63) is 0 Å². The molecule has 0 saturated heterocycles. The monoisotopic (exact) mass is 171 g/mol. The van der Waals surface area contributed by atoms with Gasteiger partial charge in [-0.05, 0) is 26.3 Å². The van der Waals surface area contributed by atoms with E-state index in [0.29, 0.717) is 0 Å². The van der Waals surface area contributed by atoms with Gasteiger partial charge in [0.25, 0.3) is 0 Å². The molecule has 0 spiro atoms. The van der Waals surface area contributed by atoms with Crippen LogP contribution in [0, 0.1) is 0 Å². The van der Waals surface area contributed by atoms with Crippen molar-refractivity contribution < 1.29 is 0 Å². The van der Waals surface area contributed by atoms with Crippen molar-refractivity contribution >= 4 is 0 Å². The molecule has 1 heteroatoms. The van der Waals surface area contributed by atoms with E-state index in [1.807, 2.05) is 0 Å². The first-order valence-electron chi connectivity index (χ1n) is 5.54. The van der Waals surface area contributed by atoms with E-state index in [-0.39, 0.29) is 0 Å². The Balaban J connectivity index is 3.04. The van der Waals surface area contributed by atoms with Gasteiger partial charge in [0, 0.05) is 6.04 Å². The minimum atomic E-state index is 0.725. The zero-order valence-corrected chi connectivity index (χ0v) is 9.03. The Morgan fingerprint density at radius 1 is 1.00 bits per heavy atom. The van der Waals surface area contributed by atoms with Crippen LogP contribution in [0.2, 0.25) is 0 Å². The second-order valence-corrected chi connectivity index (χ2v) is 3.70. The van der Waals surface area contributed by atoms with Crippen molar-refractivity contribution in [2.45, 2.75) is 65.3 Å². The summed E-state index contributed by atoms with van der Waals surface area (Å²) in [7, 11) is 0. The van der Waals surface area contributed by atoms with Crippen LogP contribution in [0.1, 0.15) is 59.3 Å². The van der Waals surface area contributed by atoms with Crippen molar-refractivity contribution in [2.75, 3.05) is 6.54 Å². The van der Waals surface area contributed by atoms with E-state index in [2.05, 4.69) is 26.1 Å². The summed E-state index contributed by atoms with van der Waals surface area (Å²) >= 11 is 0. The first-order chi connectivity index (χ1) is 5.81. The smallest absolute Gasteiger partial charge is 0.00387 e. The lowest BCUT2D eigenvalue weighted by Gasteiger charge is -2.12. The van der Waals surface area contributed by atoms with Crippen LogP contribution in [0.3, 0.4) is 0 Å². The topological polar surface area (TPSA) is 12.0 Å². The Morgan fingerprint density at radius 3 is 2.25 bits per heavy atom. The van der Waals surface area contributed by atoms with E-state index in [9.17, 15) is 0 Å². The van der Waals surface area contributed by atoms with E-state index >= 15 is 0 Å². The molecule has 0 aliphatic rings. The van der Waals surface area contributed by atoms with Crippen LogP contribution < -0.4 is 5.32 Å². The molecule has 0 fully saturated rings. The Bertz CT molecular complexity index is 71.1. The molecule has 12 heavy (non-hydrogen) atoms. The molecule has 1 unspecified atom stereocenters. The average molecular weight is 171 g/mol. The number of rotatable bonds is 8. The van der Waals surface area contributed by atoms with Gasteiger partial charge in [-0.1, -0.05) is 39.5 Å². The van der Waals surface area contributed by atoms with Crippen molar-refractivity contribution in [1.82, 2.24) is 5.32 Å². The molecule has 0 heterocycles. The molecular formula is C11H25N. The third-order valence-corrected chi connectivity index (χ3v) is 2.26. The minimum absolute atomic E-state index is 0.725. The quantitative estimate of drug-likeness (QED) is 0.552. The second kappa shape index (κ2) is 9.05. The molecule has 0 amide bonds. The fraction of sp³-hybridized carbons (Fsp3) is 1.00. The Labute approximate surface area is 77.9 Å². The molecule has 1 nitrogen and oxygen atoms in total. The summed E-state index contributed by atoms with van der Waals surface area (Å²) in [4.78, 5) is 0. The highest BCUT2D eigenvalue weighted by atomic mass is 14.9. The highest BCUT2D eigenvalue weighted by Gasteiger charge is 1.98. The van der Waals surface area contributed by atoms with E-state index in [1.165, 1.54) is 45.1 Å². The normalized spacial score (nSPS) is 13.2. The SMILES string of the molecule is CCCCCC(C)NCCCC. The number of hydrogen-bond donors (Lipinski definition) is 1. The fourth-order valence-electron chi connectivity index (χ4n) is 1.33. The third-order valence-electron chi connectivity index (χ3n) is 2.26. The highest BCUT2D eigenvalue weighted by molar-refractivity contribution is 4.59. The molecule has 0 aliphatic heterocycles. The highest BCUT2D eigenvalue weighted by Crippen LogP contribution is 2.02. The standard InChI is InChI=1S/C11H25N/c1-4-6-8-9-11(3)12-10-7-5-2/h11-12H,4-10H2,1-3H3. The first-order valence-corrected chi connectivity index (χ1v) is 5.54. The maximum Gasteiger partial charge on any atom is 0.00387 e. The summed E-state index contributed by atoms with van der Waals surface area (Å²) in [5, 5.41) is 3.54. The van der Waals surface area contributed by atoms with E-state index in [0.717, 1.165) is 6.04 Å². The average Bonchev–Trinajstić information content (AvgIpc) is 2.06. The lowest BCUT2D eigenvalue weighted by Crippen LogP contribution is -2.26. The predicted molar refractivity (Wildman–Crippen MR) is 56.5 cm³/mol. The van der Waals surface area contributed by atoms with Crippen LogP contribution in [-0.2, 0) is 0 Å². The van der Waals surface area contributed by atoms with Gasteiger partial charge in [0.15, 0.2) is 0 Å². The van der Waals surface area contributed by atoms with E-state index in [1.54, 1.807) is 0 Å². The predicted octanol–water partition coefficient (Wildman–Crippen LogP) is 3.34. The summed E-state index contributed by atoms with van der Waals surface area (Å²) in [6, 6.07) is 0.725. The second-order valence-electron chi connectivity index (χ2n) is 3.70. The number of hydrogen-bond acceptors (Lipinski definition) is 1. The zero-order valence-electron chi connectivity index (χ0n) is 9.03. The zero-order chi connectivity index (χ0) is 9.23. The maximum atomic E-state index is 3.54. The van der Waals surface area contributed by atoms with Crippen molar-refractivity contribution in [3.63, 3.8) is 0 Å². The fourth-order valence-corrected chi connectivity index (χ4v) is 1.33. The van der Waals surface area contributed by atoms with Gasteiger partial charge in [0.1, 0.15) is 0 Å². The molecule has 0 saturated carbocycles. The number of nitrogens with one attached hydrogen (secondary N) is 1. The lowest BCUT2D eigenvalue weighted by atomic mass is 10.1. The molecule has 0 radical (unpaired) electrons. The van der Waals surface area contributed by atoms with Crippen LogP contribution in [0.4, 0.5) is 0 Å². The molecular weight excluding hydrogens is 146 g/mol. The van der Waals surface area contributed by atoms with Gasteiger partial charge >= 0.3 is 0 Å². The van der Waals surface area contributed by atoms with Crippen molar-refractivity contribution in [3.8, 4) is 0 Å². The van der Waals surface area contributed by atoms with E-state index < -0.39 is 0 Å². The third kappa shape index (κ3) is 8.06. The first kappa shape index (κ1) is 12.0. The Hall–Kier alpha value is -0.0400. The summed E-state index contributed by atoms with van der Waals surface area (Å²) in [6.45, 7) is 7.99. The van der Waals surface area contributed by atoms with Gasteiger partial charge in [-0.2, -0.15) is 0 Å². The van der Waals surface area contributed by atoms with Crippen LogP contribution in [-0.4, -0.2) is 12.6 Å². The minimum Gasteiger partial charge on any atom is -0.314 e. The van der Waals surface area contributed by atoms with Crippen LogP contribution in [0.25, 0.3) is 0 Å². The van der Waals surface area contributed by atoms with Gasteiger partial charge in [0.2, 0.25) is 0 Å². The Morgan fingerprint density at radius 2 is 1.67 bits per heavy atom. The summed E-state index contributed by atoms with van der Waals surface area (Å²) in [6.07, 6.45) is 8.07. The summed E-state index contributed by atoms with van der Waals surface area (Å²) < 4.78 is 0. The molecule has 0 aromatic rings. The molecule has 0 aromatic carbocycles. The van der Waals surface area contributed by atoms with Crippen LogP contribution in [0.15, 0.2) is 0 Å². The van der Waals surface area contributed by atoms with Gasteiger partial charge in [-0.3, -0.25) is 0 Å². The van der Waals surface area contributed by atoms with Crippen molar-refractivity contribution in [1.29, 1.82) is 0 Å². The lowest BCUT2D eigenvalue weighted by molar-refractivity contribution is 0.481. The maximum absolute atomic E-state index is 3.54. The van der Waals surface area contributed by atoms with Crippen molar-refractivity contribution in [2.24, 2.45) is 0 Å².